The van der Waals surface area contributed by atoms with Crippen LogP contribution in [0.4, 0.5) is 5.13 Å². The van der Waals surface area contributed by atoms with Crippen LogP contribution in [0.5, 0.6) is 0 Å². The van der Waals surface area contributed by atoms with Gasteiger partial charge < -0.3 is 0 Å². The molecule has 1 N–H and O–H groups in total. The fourth-order valence-corrected chi connectivity index (χ4v) is 3.37. The lowest BCUT2D eigenvalue weighted by atomic mass is 10.0. The molecular weight excluding hydrogens is 316 g/mol. The highest BCUT2D eigenvalue weighted by molar-refractivity contribution is 7.22. The smallest absolute Gasteiger partial charge is 0.257 e. The average Bonchev–Trinajstić information content (AvgIpc) is 2.89. The minimum Gasteiger partial charge on any atom is -0.298 e. The van der Waals surface area contributed by atoms with Gasteiger partial charge in [-0.25, -0.2) is 4.98 Å². The Hall–Kier alpha value is -1.91. The molecule has 1 heterocycles. The molecule has 112 valence electrons. The molecule has 3 rings (SSSR count). The zero-order valence-electron chi connectivity index (χ0n) is 12.3. The zero-order valence-corrected chi connectivity index (χ0v) is 13.8. The summed E-state index contributed by atoms with van der Waals surface area (Å²) >= 11 is 7.40. The van der Waals surface area contributed by atoms with E-state index in [-0.39, 0.29) is 5.91 Å². The van der Waals surface area contributed by atoms with Gasteiger partial charge in [0.05, 0.1) is 10.2 Å². The first-order valence-corrected chi connectivity index (χ1v) is 8.20. The molecule has 0 aliphatic rings. The number of anilines is 1. The fourth-order valence-electron chi connectivity index (χ4n) is 2.29. The number of amides is 1. The first-order valence-electron chi connectivity index (χ1n) is 7.01. The van der Waals surface area contributed by atoms with Gasteiger partial charge in [-0.2, -0.15) is 0 Å². The molecule has 5 heteroatoms. The van der Waals surface area contributed by atoms with E-state index >= 15 is 0 Å². The van der Waals surface area contributed by atoms with Crippen molar-refractivity contribution in [2.24, 2.45) is 0 Å². The van der Waals surface area contributed by atoms with Crippen molar-refractivity contribution < 1.29 is 4.79 Å². The van der Waals surface area contributed by atoms with Crippen molar-refractivity contribution in [3.8, 4) is 0 Å². The van der Waals surface area contributed by atoms with Gasteiger partial charge in [-0.3, -0.25) is 10.1 Å². The van der Waals surface area contributed by atoms with Crippen molar-refractivity contribution in [2.45, 2.75) is 19.8 Å². The Morgan fingerprint density at radius 2 is 2.00 bits per heavy atom. The quantitative estimate of drug-likeness (QED) is 0.705. The van der Waals surface area contributed by atoms with Crippen molar-refractivity contribution in [2.75, 3.05) is 5.32 Å². The Morgan fingerprint density at radius 1 is 1.23 bits per heavy atom. The maximum atomic E-state index is 12.3. The zero-order chi connectivity index (χ0) is 15.7. The highest BCUT2D eigenvalue weighted by Crippen LogP contribution is 2.31. The second kappa shape index (κ2) is 6.07. The number of hydrogen-bond donors (Lipinski definition) is 1. The minimum atomic E-state index is -0.201. The molecule has 3 nitrogen and oxygen atoms in total. The number of benzene rings is 2. The largest absolute Gasteiger partial charge is 0.298 e. The molecule has 0 spiro atoms. The van der Waals surface area contributed by atoms with Crippen LogP contribution >= 0.6 is 22.9 Å². The van der Waals surface area contributed by atoms with Gasteiger partial charge in [-0.05, 0) is 35.7 Å². The second-order valence-corrected chi connectivity index (χ2v) is 6.80. The Kier molecular flexibility index (Phi) is 4.14. The molecule has 0 radical (unpaired) electrons. The standard InChI is InChI=1S/C17H15ClN2OS/c1-10(2)13-7-4-8-14-15(13)19-17(22-14)20-16(21)11-5-3-6-12(18)9-11/h3-10H,1-2H3,(H,19,20,21). The van der Waals surface area contributed by atoms with E-state index in [0.717, 1.165) is 10.2 Å². The number of thiazole rings is 1. The predicted molar refractivity (Wildman–Crippen MR) is 93.1 cm³/mol. The van der Waals surface area contributed by atoms with Crippen molar-refractivity contribution in [3.05, 3.63) is 58.6 Å². The topological polar surface area (TPSA) is 42.0 Å². The summed E-state index contributed by atoms with van der Waals surface area (Å²) in [4.78, 5) is 16.8. The number of para-hydroxylation sites is 1. The molecule has 1 aromatic heterocycles. The number of rotatable bonds is 3. The average molecular weight is 331 g/mol. The van der Waals surface area contributed by atoms with E-state index in [9.17, 15) is 4.79 Å². The molecule has 0 fully saturated rings. The van der Waals surface area contributed by atoms with E-state index in [0.29, 0.717) is 21.6 Å². The molecule has 0 atom stereocenters. The molecule has 2 aromatic carbocycles. The number of aromatic nitrogens is 1. The maximum Gasteiger partial charge on any atom is 0.257 e. The number of fused-ring (bicyclic) bond motifs is 1. The summed E-state index contributed by atoms with van der Waals surface area (Å²) in [5.74, 6) is 0.190. The van der Waals surface area contributed by atoms with Gasteiger partial charge in [0.25, 0.3) is 5.91 Å². The molecule has 22 heavy (non-hydrogen) atoms. The van der Waals surface area contributed by atoms with E-state index in [1.807, 2.05) is 12.1 Å². The van der Waals surface area contributed by atoms with Gasteiger partial charge in [-0.1, -0.05) is 55.0 Å². The van der Waals surface area contributed by atoms with Crippen LogP contribution in [-0.2, 0) is 0 Å². The molecule has 0 aliphatic heterocycles. The molecule has 0 saturated heterocycles. The van der Waals surface area contributed by atoms with Gasteiger partial charge in [0, 0.05) is 10.6 Å². The van der Waals surface area contributed by atoms with Crippen LogP contribution < -0.4 is 5.32 Å². The van der Waals surface area contributed by atoms with Gasteiger partial charge in [0.1, 0.15) is 0 Å². The molecule has 0 aliphatic carbocycles. The normalized spacial score (nSPS) is 11.1. The molecule has 0 bridgehead atoms. The summed E-state index contributed by atoms with van der Waals surface area (Å²) in [6.45, 7) is 4.27. The van der Waals surface area contributed by atoms with Crippen LogP contribution in [-0.4, -0.2) is 10.9 Å². The molecular formula is C17H15ClN2OS. The highest BCUT2D eigenvalue weighted by Gasteiger charge is 2.13. The van der Waals surface area contributed by atoms with Crippen LogP contribution in [0.25, 0.3) is 10.2 Å². The van der Waals surface area contributed by atoms with E-state index in [4.69, 9.17) is 11.6 Å². The lowest BCUT2D eigenvalue weighted by molar-refractivity contribution is 0.102. The summed E-state index contributed by atoms with van der Waals surface area (Å²) < 4.78 is 1.08. The van der Waals surface area contributed by atoms with Gasteiger partial charge in [-0.15, -0.1) is 0 Å². The SMILES string of the molecule is CC(C)c1cccc2sc(NC(=O)c3cccc(Cl)c3)nc12. The fraction of sp³-hybridized carbons (Fsp3) is 0.176. The number of halogens is 1. The number of nitrogens with one attached hydrogen (secondary N) is 1. The monoisotopic (exact) mass is 330 g/mol. The Labute approximate surface area is 138 Å². The number of carbonyl (C=O) groups is 1. The summed E-state index contributed by atoms with van der Waals surface area (Å²) in [7, 11) is 0. The van der Waals surface area contributed by atoms with Crippen molar-refractivity contribution in [1.82, 2.24) is 4.98 Å². The van der Waals surface area contributed by atoms with Crippen LogP contribution in [0.2, 0.25) is 5.02 Å². The summed E-state index contributed by atoms with van der Waals surface area (Å²) in [5, 5.41) is 4.00. The maximum absolute atomic E-state index is 12.3. The highest BCUT2D eigenvalue weighted by atomic mass is 35.5. The first-order chi connectivity index (χ1) is 10.5. The predicted octanol–water partition coefficient (Wildman–Crippen LogP) is 5.33. The minimum absolute atomic E-state index is 0.201. The molecule has 0 unspecified atom stereocenters. The third kappa shape index (κ3) is 2.98. The van der Waals surface area contributed by atoms with Gasteiger partial charge in [0.2, 0.25) is 0 Å². The lowest BCUT2D eigenvalue weighted by Crippen LogP contribution is -2.11. The van der Waals surface area contributed by atoms with E-state index < -0.39 is 0 Å². The third-order valence-electron chi connectivity index (χ3n) is 3.38. The Bertz CT molecular complexity index is 842. The first kappa shape index (κ1) is 15.0. The second-order valence-electron chi connectivity index (χ2n) is 5.33. The number of nitrogens with zero attached hydrogens (tertiary/aromatic N) is 1. The van der Waals surface area contributed by atoms with E-state index in [1.165, 1.54) is 16.9 Å². The van der Waals surface area contributed by atoms with Crippen molar-refractivity contribution in [1.29, 1.82) is 0 Å². The lowest BCUT2D eigenvalue weighted by Gasteiger charge is -2.04. The van der Waals surface area contributed by atoms with Crippen LogP contribution in [0, 0.1) is 0 Å². The van der Waals surface area contributed by atoms with Crippen LogP contribution in [0.3, 0.4) is 0 Å². The third-order valence-corrected chi connectivity index (χ3v) is 4.55. The van der Waals surface area contributed by atoms with E-state index in [1.54, 1.807) is 24.3 Å². The summed E-state index contributed by atoms with van der Waals surface area (Å²) in [6.07, 6.45) is 0. The summed E-state index contributed by atoms with van der Waals surface area (Å²) in [5.41, 5.74) is 2.68. The molecule has 0 saturated carbocycles. The van der Waals surface area contributed by atoms with E-state index in [2.05, 4.69) is 30.2 Å². The van der Waals surface area contributed by atoms with Gasteiger partial charge >= 0.3 is 0 Å². The van der Waals surface area contributed by atoms with Crippen molar-refractivity contribution in [3.63, 3.8) is 0 Å². The van der Waals surface area contributed by atoms with Gasteiger partial charge in [0.15, 0.2) is 5.13 Å². The summed E-state index contributed by atoms with van der Waals surface area (Å²) in [6, 6.07) is 13.0. The number of carbonyl (C=O) groups excluding carboxylic acids is 1. The molecule has 1 amide bonds. The Morgan fingerprint density at radius 3 is 2.73 bits per heavy atom. The molecule has 3 aromatic rings. The Balaban J connectivity index is 1.91. The van der Waals surface area contributed by atoms with Crippen LogP contribution in [0.1, 0.15) is 35.7 Å². The van der Waals surface area contributed by atoms with Crippen molar-refractivity contribution >= 4 is 44.2 Å². The van der Waals surface area contributed by atoms with Crippen LogP contribution in [0.15, 0.2) is 42.5 Å². The number of hydrogen-bond acceptors (Lipinski definition) is 3.